The molecule has 0 saturated carbocycles. The van der Waals surface area contributed by atoms with Crippen molar-refractivity contribution in [3.8, 4) is 17.2 Å². The Hall–Kier alpha value is -2.21. The second-order valence-electron chi connectivity index (χ2n) is 4.46. The summed E-state index contributed by atoms with van der Waals surface area (Å²) in [7, 11) is -3.59. The number of nitrogens with two attached hydrogens (primary N) is 1. The van der Waals surface area contributed by atoms with Crippen LogP contribution in [0.4, 0.5) is 5.69 Å². The van der Waals surface area contributed by atoms with Crippen LogP contribution in [-0.4, -0.2) is 19.8 Å². The highest BCUT2D eigenvalue weighted by Gasteiger charge is 2.23. The molecule has 5 nitrogen and oxygen atoms in total. The number of benzene rings is 2. The maximum Gasteiger partial charge on any atom is 0.179 e. The van der Waals surface area contributed by atoms with Crippen LogP contribution in [0.2, 0.25) is 0 Å². The zero-order valence-corrected chi connectivity index (χ0v) is 11.9. The fourth-order valence-corrected chi connectivity index (χ4v) is 3.05. The van der Waals surface area contributed by atoms with Crippen LogP contribution in [0.25, 0.3) is 0 Å². The minimum atomic E-state index is -3.59. The number of hydrogen-bond acceptors (Lipinski definition) is 5. The van der Waals surface area contributed by atoms with Crippen molar-refractivity contribution in [3.05, 3.63) is 42.0 Å². The number of anilines is 1. The molecule has 6 heteroatoms. The highest BCUT2D eigenvalue weighted by molar-refractivity contribution is 7.90. The molecule has 0 unspecified atom stereocenters. The highest BCUT2D eigenvalue weighted by atomic mass is 32.2. The topological polar surface area (TPSA) is 89.6 Å². The largest absolute Gasteiger partial charge is 0.508 e. The summed E-state index contributed by atoms with van der Waals surface area (Å²) >= 11 is 0. The van der Waals surface area contributed by atoms with Crippen molar-refractivity contribution in [1.29, 1.82) is 0 Å². The Kier molecular flexibility index (Phi) is 3.59. The first-order valence-electron chi connectivity index (χ1n) is 5.85. The lowest BCUT2D eigenvalue weighted by molar-refractivity contribution is 0.450. The molecular weight excluding hydrogens is 278 g/mol. The fourth-order valence-electron chi connectivity index (χ4n) is 1.90. The van der Waals surface area contributed by atoms with Crippen molar-refractivity contribution in [1.82, 2.24) is 0 Å². The zero-order chi connectivity index (χ0) is 14.9. The van der Waals surface area contributed by atoms with Gasteiger partial charge in [-0.1, -0.05) is 18.2 Å². The van der Waals surface area contributed by atoms with Gasteiger partial charge in [0.1, 0.15) is 16.4 Å². The van der Waals surface area contributed by atoms with Gasteiger partial charge in [0.2, 0.25) is 0 Å². The van der Waals surface area contributed by atoms with E-state index in [1.54, 1.807) is 24.3 Å². The Bertz CT molecular complexity index is 740. The van der Waals surface area contributed by atoms with Crippen molar-refractivity contribution in [2.75, 3.05) is 12.0 Å². The summed E-state index contributed by atoms with van der Waals surface area (Å²) in [5.41, 5.74) is 6.07. The molecule has 0 fully saturated rings. The monoisotopic (exact) mass is 293 g/mol. The van der Waals surface area contributed by atoms with E-state index in [0.29, 0.717) is 5.75 Å². The molecule has 2 aromatic rings. The van der Waals surface area contributed by atoms with Gasteiger partial charge in [0.15, 0.2) is 15.6 Å². The molecule has 0 aliphatic carbocycles. The summed E-state index contributed by atoms with van der Waals surface area (Å²) in [4.78, 5) is -0.0983. The van der Waals surface area contributed by atoms with E-state index in [1.165, 1.54) is 13.0 Å². The van der Waals surface area contributed by atoms with Crippen LogP contribution in [-0.2, 0) is 9.84 Å². The molecule has 2 rings (SSSR count). The van der Waals surface area contributed by atoms with Crippen molar-refractivity contribution in [2.24, 2.45) is 0 Å². The third-order valence-corrected chi connectivity index (χ3v) is 4.05. The third-order valence-electron chi connectivity index (χ3n) is 2.82. The summed E-state index contributed by atoms with van der Waals surface area (Å²) in [5.74, 6) is 0.325. The molecule has 0 bridgehead atoms. The summed E-state index contributed by atoms with van der Waals surface area (Å²) in [6, 6.07) is 10.00. The molecule has 0 aliphatic heterocycles. The number of rotatable bonds is 3. The minimum absolute atomic E-state index is 0.0361. The van der Waals surface area contributed by atoms with Gasteiger partial charge in [-0.3, -0.25) is 0 Å². The fraction of sp³-hybridized carbons (Fsp3) is 0.143. The van der Waals surface area contributed by atoms with E-state index in [2.05, 4.69) is 0 Å². The van der Waals surface area contributed by atoms with Gasteiger partial charge >= 0.3 is 0 Å². The molecule has 3 N–H and O–H groups in total. The number of ether oxygens (including phenoxy) is 1. The van der Waals surface area contributed by atoms with E-state index in [4.69, 9.17) is 10.5 Å². The average molecular weight is 293 g/mol. The maximum atomic E-state index is 11.9. The molecule has 0 amide bonds. The van der Waals surface area contributed by atoms with Crippen molar-refractivity contribution >= 4 is 15.5 Å². The molecule has 0 aliphatic rings. The minimum Gasteiger partial charge on any atom is -0.508 e. The number of sulfone groups is 1. The lowest BCUT2D eigenvalue weighted by Crippen LogP contribution is -2.06. The highest BCUT2D eigenvalue weighted by Crippen LogP contribution is 2.40. The Balaban J connectivity index is 2.66. The Morgan fingerprint density at radius 1 is 1.20 bits per heavy atom. The molecule has 0 heterocycles. The van der Waals surface area contributed by atoms with Gasteiger partial charge in [0, 0.05) is 17.9 Å². The van der Waals surface area contributed by atoms with Crippen LogP contribution >= 0.6 is 0 Å². The predicted octanol–water partition coefficient (Wildman–Crippen LogP) is 2.48. The van der Waals surface area contributed by atoms with E-state index < -0.39 is 9.84 Å². The number of phenols is 1. The van der Waals surface area contributed by atoms with E-state index in [0.717, 1.165) is 6.26 Å². The first-order chi connectivity index (χ1) is 9.30. The summed E-state index contributed by atoms with van der Waals surface area (Å²) in [5, 5.41) is 9.73. The SMILES string of the molecule is Cc1c(O)cc(N)c(Oc2ccccc2)c1S(C)(=O)=O. The van der Waals surface area contributed by atoms with Crippen LogP contribution in [0.5, 0.6) is 17.2 Å². The van der Waals surface area contributed by atoms with E-state index >= 15 is 0 Å². The summed E-state index contributed by atoms with van der Waals surface area (Å²) < 4.78 is 29.4. The van der Waals surface area contributed by atoms with Crippen molar-refractivity contribution in [2.45, 2.75) is 11.8 Å². The number of hydrogen-bond donors (Lipinski definition) is 2. The Labute approximate surface area is 117 Å². The van der Waals surface area contributed by atoms with Gasteiger partial charge in [-0.15, -0.1) is 0 Å². The third kappa shape index (κ3) is 2.70. The molecule has 20 heavy (non-hydrogen) atoms. The first kappa shape index (κ1) is 14.2. The second-order valence-corrected chi connectivity index (χ2v) is 6.41. The Morgan fingerprint density at radius 2 is 1.80 bits per heavy atom. The Morgan fingerprint density at radius 3 is 2.35 bits per heavy atom. The van der Waals surface area contributed by atoms with Crippen LogP contribution < -0.4 is 10.5 Å². The molecule has 0 atom stereocenters. The smallest absolute Gasteiger partial charge is 0.179 e. The molecule has 2 aromatic carbocycles. The second kappa shape index (κ2) is 5.05. The number of para-hydroxylation sites is 1. The zero-order valence-electron chi connectivity index (χ0n) is 11.1. The van der Waals surface area contributed by atoms with Crippen molar-refractivity contribution in [3.63, 3.8) is 0 Å². The molecular formula is C14H15NO4S. The lowest BCUT2D eigenvalue weighted by atomic mass is 10.2. The first-order valence-corrected chi connectivity index (χ1v) is 7.75. The molecule has 106 valence electrons. The van der Waals surface area contributed by atoms with Gasteiger partial charge in [-0.25, -0.2) is 8.42 Å². The summed E-state index contributed by atoms with van der Waals surface area (Å²) in [6.07, 6.45) is 1.05. The predicted molar refractivity (Wildman–Crippen MR) is 76.9 cm³/mol. The molecule has 0 aromatic heterocycles. The van der Waals surface area contributed by atoms with Gasteiger partial charge < -0.3 is 15.6 Å². The van der Waals surface area contributed by atoms with Crippen molar-refractivity contribution < 1.29 is 18.3 Å². The normalized spacial score (nSPS) is 11.3. The van der Waals surface area contributed by atoms with Crippen LogP contribution in [0.1, 0.15) is 5.56 Å². The molecule has 0 radical (unpaired) electrons. The summed E-state index contributed by atoms with van der Waals surface area (Å²) in [6.45, 7) is 1.50. The molecule has 0 spiro atoms. The van der Waals surface area contributed by atoms with E-state index in [1.807, 2.05) is 6.07 Å². The van der Waals surface area contributed by atoms with Gasteiger partial charge in [0.05, 0.1) is 5.69 Å². The average Bonchev–Trinajstić information content (AvgIpc) is 2.35. The quantitative estimate of drug-likeness (QED) is 0.848. The van der Waals surface area contributed by atoms with Gasteiger partial charge in [-0.2, -0.15) is 0 Å². The number of aromatic hydroxyl groups is 1. The van der Waals surface area contributed by atoms with E-state index in [-0.39, 0.29) is 27.6 Å². The number of nitrogen functional groups attached to an aromatic ring is 1. The van der Waals surface area contributed by atoms with Crippen LogP contribution in [0.3, 0.4) is 0 Å². The standard InChI is InChI=1S/C14H15NO4S/c1-9-12(16)8-11(15)13(14(9)20(2,17)18)19-10-6-4-3-5-7-10/h3-8,16H,15H2,1-2H3. The van der Waals surface area contributed by atoms with Crippen LogP contribution in [0.15, 0.2) is 41.3 Å². The van der Waals surface area contributed by atoms with E-state index in [9.17, 15) is 13.5 Å². The van der Waals surface area contributed by atoms with Gasteiger partial charge in [-0.05, 0) is 19.1 Å². The number of phenolic OH excluding ortho intramolecular Hbond substituents is 1. The molecule has 0 saturated heterocycles. The lowest BCUT2D eigenvalue weighted by Gasteiger charge is -2.15. The van der Waals surface area contributed by atoms with Crippen LogP contribution in [0, 0.1) is 6.92 Å². The van der Waals surface area contributed by atoms with Gasteiger partial charge in [0.25, 0.3) is 0 Å². The maximum absolute atomic E-state index is 11.9.